The van der Waals surface area contributed by atoms with E-state index in [9.17, 15) is 9.90 Å². The summed E-state index contributed by atoms with van der Waals surface area (Å²) in [6.07, 6.45) is 22.3. The number of hydrogen-bond donors (Lipinski definition) is 2. The van der Waals surface area contributed by atoms with Gasteiger partial charge in [-0.3, -0.25) is 4.79 Å². The third kappa shape index (κ3) is 24.1. The van der Waals surface area contributed by atoms with Crippen LogP contribution >= 0.6 is 8.15 Å². The van der Waals surface area contributed by atoms with Gasteiger partial charge >= 0.3 is 0 Å². The Bertz CT molecular complexity index is 385. The van der Waals surface area contributed by atoms with Crippen molar-refractivity contribution in [2.24, 2.45) is 0 Å². The molecule has 0 aliphatic heterocycles. The third-order valence-electron chi connectivity index (χ3n) is 5.60. The van der Waals surface area contributed by atoms with Crippen LogP contribution in [0.15, 0.2) is 0 Å². The van der Waals surface area contributed by atoms with Crippen molar-refractivity contribution in [3.05, 3.63) is 0 Å². The van der Waals surface area contributed by atoms with Crippen molar-refractivity contribution >= 4 is 14.1 Å². The molecule has 0 radical (unpaired) electrons. The molecule has 2 N–H and O–H groups in total. The number of carbonyl (C=O) groups excluding carboxylic acids is 1. The van der Waals surface area contributed by atoms with E-state index in [0.717, 1.165) is 25.4 Å². The average Bonchev–Trinajstić information content (AvgIpc) is 2.69. The minimum atomic E-state index is -0.642. The number of rotatable bonds is 22. The highest BCUT2D eigenvalue weighted by molar-refractivity contribution is 7.51. The van der Waals surface area contributed by atoms with Gasteiger partial charge in [0.05, 0.1) is 5.60 Å². The van der Waals surface area contributed by atoms with E-state index in [1.54, 1.807) is 0 Å². The van der Waals surface area contributed by atoms with Crippen LogP contribution in [-0.4, -0.2) is 36.2 Å². The van der Waals surface area contributed by atoms with Gasteiger partial charge in [0, 0.05) is 14.6 Å². The smallest absolute Gasteiger partial charge is 0.221 e. The number of nitrogens with one attached hydrogen (secondary N) is 1. The van der Waals surface area contributed by atoms with E-state index in [0.29, 0.717) is 13.2 Å². The molecular formula is C25H52NO3P. The van der Waals surface area contributed by atoms with Crippen LogP contribution < -0.4 is 5.32 Å². The van der Waals surface area contributed by atoms with Gasteiger partial charge in [0.25, 0.3) is 0 Å². The van der Waals surface area contributed by atoms with E-state index >= 15 is 0 Å². The fourth-order valence-corrected chi connectivity index (χ4v) is 4.74. The van der Waals surface area contributed by atoms with Gasteiger partial charge in [-0.15, -0.1) is 0 Å². The number of carbonyl (C=O) groups is 1. The fourth-order valence-electron chi connectivity index (χ4n) is 3.46. The Balaban J connectivity index is 3.28. The summed E-state index contributed by atoms with van der Waals surface area (Å²) in [4.78, 5) is 11.9. The molecule has 0 saturated heterocycles. The second-order valence-corrected chi connectivity index (χ2v) is 11.4. The van der Waals surface area contributed by atoms with Crippen molar-refractivity contribution in [1.82, 2.24) is 5.32 Å². The first-order valence-electron chi connectivity index (χ1n) is 12.7. The summed E-state index contributed by atoms with van der Waals surface area (Å²) in [5, 5.41) is 12.6. The van der Waals surface area contributed by atoms with Crippen molar-refractivity contribution in [2.75, 3.05) is 19.6 Å². The van der Waals surface area contributed by atoms with Crippen molar-refractivity contribution in [3.8, 4) is 0 Å². The monoisotopic (exact) mass is 445 g/mol. The van der Waals surface area contributed by atoms with Gasteiger partial charge < -0.3 is 14.9 Å². The first-order chi connectivity index (χ1) is 14.3. The number of hydrogen-bond acceptors (Lipinski definition) is 3. The summed E-state index contributed by atoms with van der Waals surface area (Å²) in [6, 6.07) is 0. The lowest BCUT2D eigenvalue weighted by atomic mass is 10.0. The van der Waals surface area contributed by atoms with Gasteiger partial charge in [-0.1, -0.05) is 96.8 Å². The molecule has 180 valence electrons. The summed E-state index contributed by atoms with van der Waals surface area (Å²) in [7, 11) is -0.584. The second kappa shape index (κ2) is 20.7. The Kier molecular flexibility index (Phi) is 20.6. The van der Waals surface area contributed by atoms with Crippen LogP contribution in [0.5, 0.6) is 0 Å². The SMILES string of the molecule is CCCCCCCCCCCCCCCCCC(=O)NCOP(C)CCC(C)(C)O. The largest absolute Gasteiger partial charge is 0.390 e. The second-order valence-electron chi connectivity index (χ2n) is 9.49. The minimum absolute atomic E-state index is 0.0931. The maximum Gasteiger partial charge on any atom is 0.221 e. The first-order valence-corrected chi connectivity index (χ1v) is 14.6. The molecule has 0 aromatic heterocycles. The molecule has 0 aliphatic rings. The molecule has 0 aromatic rings. The normalized spacial score (nSPS) is 12.8. The van der Waals surface area contributed by atoms with Crippen LogP contribution in [0.4, 0.5) is 0 Å². The first kappa shape index (κ1) is 29.8. The molecule has 1 unspecified atom stereocenters. The zero-order valence-electron chi connectivity index (χ0n) is 20.6. The lowest BCUT2D eigenvalue weighted by Crippen LogP contribution is -2.25. The molecule has 1 atom stereocenters. The van der Waals surface area contributed by atoms with Gasteiger partial charge in [-0.2, -0.15) is 0 Å². The predicted molar refractivity (Wildman–Crippen MR) is 132 cm³/mol. The zero-order valence-corrected chi connectivity index (χ0v) is 21.5. The van der Waals surface area contributed by atoms with Crippen LogP contribution in [0.2, 0.25) is 0 Å². The molecule has 0 bridgehead atoms. The summed E-state index contributed by atoms with van der Waals surface area (Å²) in [6.45, 7) is 8.25. The topological polar surface area (TPSA) is 58.6 Å². The van der Waals surface area contributed by atoms with E-state index in [1.165, 1.54) is 83.5 Å². The summed E-state index contributed by atoms with van der Waals surface area (Å²) >= 11 is 0. The predicted octanol–water partition coefficient (Wildman–Crippen LogP) is 7.53. The quantitative estimate of drug-likeness (QED) is 0.103. The maximum absolute atomic E-state index is 11.9. The molecular weight excluding hydrogens is 393 g/mol. The number of amides is 1. The Morgan fingerprint density at radius 2 is 1.27 bits per heavy atom. The van der Waals surface area contributed by atoms with Crippen molar-refractivity contribution < 1.29 is 14.4 Å². The Hall–Kier alpha value is -0.180. The zero-order chi connectivity index (χ0) is 22.5. The van der Waals surface area contributed by atoms with Crippen molar-refractivity contribution in [1.29, 1.82) is 0 Å². The molecule has 0 saturated carbocycles. The van der Waals surface area contributed by atoms with Crippen LogP contribution in [0, 0.1) is 0 Å². The maximum atomic E-state index is 11.9. The van der Waals surface area contributed by atoms with E-state index < -0.39 is 13.7 Å². The lowest BCUT2D eigenvalue weighted by molar-refractivity contribution is -0.122. The van der Waals surface area contributed by atoms with Crippen LogP contribution in [0.3, 0.4) is 0 Å². The third-order valence-corrected chi connectivity index (χ3v) is 7.02. The van der Waals surface area contributed by atoms with Crippen LogP contribution in [0.1, 0.15) is 130 Å². The molecule has 0 rings (SSSR count). The van der Waals surface area contributed by atoms with Gasteiger partial charge in [-0.25, -0.2) is 0 Å². The van der Waals surface area contributed by atoms with Gasteiger partial charge in [0.2, 0.25) is 5.91 Å². The standard InChI is InChI=1S/C25H52NO3P/c1-5-6-7-8-9-10-11-12-13-14-15-16-17-18-19-20-24(27)26-23-29-30(4)22-21-25(2,3)28/h28H,5-23H2,1-4H3,(H,26,27). The van der Waals surface area contributed by atoms with E-state index in [4.69, 9.17) is 4.52 Å². The molecule has 5 heteroatoms. The molecule has 0 fully saturated rings. The highest BCUT2D eigenvalue weighted by Gasteiger charge is 2.14. The lowest BCUT2D eigenvalue weighted by Gasteiger charge is -2.20. The Labute approximate surface area is 189 Å². The number of unbranched alkanes of at least 4 members (excludes halogenated alkanes) is 14. The average molecular weight is 446 g/mol. The minimum Gasteiger partial charge on any atom is -0.390 e. The number of aliphatic hydroxyl groups is 1. The molecule has 0 spiro atoms. The Morgan fingerprint density at radius 3 is 1.70 bits per heavy atom. The Morgan fingerprint density at radius 1 is 0.833 bits per heavy atom. The van der Waals surface area contributed by atoms with Crippen molar-refractivity contribution in [3.63, 3.8) is 0 Å². The van der Waals surface area contributed by atoms with Crippen LogP contribution in [-0.2, 0) is 9.32 Å². The van der Waals surface area contributed by atoms with E-state index in [2.05, 4.69) is 12.2 Å². The highest BCUT2D eigenvalue weighted by Crippen LogP contribution is 2.33. The van der Waals surface area contributed by atoms with Crippen molar-refractivity contribution in [2.45, 2.75) is 136 Å². The van der Waals surface area contributed by atoms with Gasteiger partial charge in [0.15, 0.2) is 0 Å². The van der Waals surface area contributed by atoms with E-state index in [-0.39, 0.29) is 5.91 Å². The van der Waals surface area contributed by atoms with Crippen LogP contribution in [0.25, 0.3) is 0 Å². The molecule has 0 aromatic carbocycles. The fraction of sp³-hybridized carbons (Fsp3) is 0.960. The van der Waals surface area contributed by atoms with E-state index in [1.807, 2.05) is 20.5 Å². The summed E-state index contributed by atoms with van der Waals surface area (Å²) in [5.41, 5.74) is -0.642. The highest BCUT2D eigenvalue weighted by atomic mass is 31.1. The summed E-state index contributed by atoms with van der Waals surface area (Å²) in [5.74, 6) is 0.0931. The van der Waals surface area contributed by atoms with Gasteiger partial charge in [0.1, 0.15) is 6.73 Å². The molecule has 1 amide bonds. The molecule has 0 aliphatic carbocycles. The molecule has 4 nitrogen and oxygen atoms in total. The molecule has 30 heavy (non-hydrogen) atoms. The van der Waals surface area contributed by atoms with Gasteiger partial charge in [-0.05, 0) is 39.5 Å². The molecule has 0 heterocycles. The summed E-state index contributed by atoms with van der Waals surface area (Å²) < 4.78 is 5.66.